The number of carboxylic acids is 1. The molecular weight excluding hydrogens is 216 g/mol. The molecule has 88 valence electrons. The fraction of sp³-hybridized carbons (Fsp3) is 0.231. The molecule has 0 fully saturated rings. The lowest BCUT2D eigenvalue weighted by Gasteiger charge is -2.08. The predicted octanol–water partition coefficient (Wildman–Crippen LogP) is 1.87. The zero-order valence-electron chi connectivity index (χ0n) is 9.63. The van der Waals surface area contributed by atoms with Crippen LogP contribution in [0, 0.1) is 6.92 Å². The van der Waals surface area contributed by atoms with Crippen molar-refractivity contribution in [3.8, 4) is 0 Å². The molecule has 0 amide bonds. The van der Waals surface area contributed by atoms with Crippen molar-refractivity contribution in [1.29, 1.82) is 0 Å². The normalized spacial score (nSPS) is 10.4. The Morgan fingerprint density at radius 1 is 1.47 bits per heavy atom. The summed E-state index contributed by atoms with van der Waals surface area (Å²) in [4.78, 5) is 14.6. The highest BCUT2D eigenvalue weighted by Gasteiger charge is 2.04. The van der Waals surface area contributed by atoms with Crippen LogP contribution in [0.4, 0.5) is 0 Å². The van der Waals surface area contributed by atoms with Crippen LogP contribution in [0.2, 0.25) is 0 Å². The maximum Gasteiger partial charge on any atom is 0.307 e. The fourth-order valence-corrected chi connectivity index (χ4v) is 1.80. The molecule has 1 heterocycles. The van der Waals surface area contributed by atoms with E-state index in [0.29, 0.717) is 0 Å². The van der Waals surface area contributed by atoms with Crippen molar-refractivity contribution in [2.75, 3.05) is 0 Å². The van der Waals surface area contributed by atoms with Gasteiger partial charge in [-0.1, -0.05) is 18.2 Å². The minimum absolute atomic E-state index is 0.0756. The first-order valence-electron chi connectivity index (χ1n) is 5.41. The average Bonchev–Trinajstić information content (AvgIpc) is 2.74. The summed E-state index contributed by atoms with van der Waals surface area (Å²) in [6, 6.07) is 5.78. The van der Waals surface area contributed by atoms with E-state index in [9.17, 15) is 4.79 Å². The van der Waals surface area contributed by atoms with Crippen LogP contribution < -0.4 is 0 Å². The second kappa shape index (κ2) is 4.82. The molecule has 0 bridgehead atoms. The van der Waals surface area contributed by atoms with Gasteiger partial charge in [-0.05, 0) is 23.6 Å². The number of hydrogen-bond acceptors (Lipinski definition) is 2. The number of aryl methyl sites for hydroxylation is 1. The molecule has 0 saturated carbocycles. The third-order valence-corrected chi connectivity index (χ3v) is 2.67. The summed E-state index contributed by atoms with van der Waals surface area (Å²) in [5, 5.41) is 8.72. The van der Waals surface area contributed by atoms with Gasteiger partial charge < -0.3 is 9.67 Å². The monoisotopic (exact) mass is 230 g/mol. The van der Waals surface area contributed by atoms with Crippen LogP contribution in [-0.4, -0.2) is 20.6 Å². The summed E-state index contributed by atoms with van der Waals surface area (Å²) in [6.45, 7) is 2.76. The average molecular weight is 230 g/mol. The SMILES string of the molecule is Cc1cc(CC(=O)O)ccc1Cn1ccnc1. The van der Waals surface area contributed by atoms with Gasteiger partial charge in [0.05, 0.1) is 12.7 Å². The van der Waals surface area contributed by atoms with E-state index in [2.05, 4.69) is 4.98 Å². The number of benzene rings is 1. The molecule has 0 aliphatic rings. The van der Waals surface area contributed by atoms with Gasteiger partial charge in [0.2, 0.25) is 0 Å². The second-order valence-corrected chi connectivity index (χ2v) is 4.07. The summed E-state index contributed by atoms with van der Waals surface area (Å²) < 4.78 is 1.99. The molecule has 1 aromatic heterocycles. The molecule has 2 aromatic rings. The van der Waals surface area contributed by atoms with Crippen LogP contribution in [0.25, 0.3) is 0 Å². The smallest absolute Gasteiger partial charge is 0.307 e. The standard InChI is InChI=1S/C13H14N2O2/c1-10-6-11(7-13(16)17)2-3-12(10)8-15-5-4-14-9-15/h2-6,9H,7-8H2,1H3,(H,16,17). The largest absolute Gasteiger partial charge is 0.481 e. The summed E-state index contributed by atoms with van der Waals surface area (Å²) in [7, 11) is 0. The lowest BCUT2D eigenvalue weighted by Crippen LogP contribution is -2.03. The number of carboxylic acid groups (broad SMARTS) is 1. The van der Waals surface area contributed by atoms with Crippen molar-refractivity contribution in [2.45, 2.75) is 19.9 Å². The molecule has 1 N–H and O–H groups in total. The first-order chi connectivity index (χ1) is 8.15. The van der Waals surface area contributed by atoms with Gasteiger partial charge in [0.1, 0.15) is 0 Å². The van der Waals surface area contributed by atoms with Gasteiger partial charge in [0.25, 0.3) is 0 Å². The van der Waals surface area contributed by atoms with Gasteiger partial charge in [-0.2, -0.15) is 0 Å². The van der Waals surface area contributed by atoms with E-state index in [1.54, 1.807) is 12.5 Å². The number of nitrogens with zero attached hydrogens (tertiary/aromatic N) is 2. The minimum atomic E-state index is -0.799. The van der Waals surface area contributed by atoms with E-state index in [0.717, 1.165) is 17.7 Å². The zero-order chi connectivity index (χ0) is 12.3. The van der Waals surface area contributed by atoms with E-state index >= 15 is 0 Å². The van der Waals surface area contributed by atoms with Gasteiger partial charge in [-0.15, -0.1) is 0 Å². The Kier molecular flexibility index (Phi) is 3.23. The van der Waals surface area contributed by atoms with Crippen molar-refractivity contribution in [1.82, 2.24) is 9.55 Å². The molecule has 0 aliphatic carbocycles. The molecule has 0 radical (unpaired) electrons. The van der Waals surface area contributed by atoms with Crippen LogP contribution in [0.1, 0.15) is 16.7 Å². The van der Waals surface area contributed by atoms with Gasteiger partial charge in [0.15, 0.2) is 0 Å². The van der Waals surface area contributed by atoms with Gasteiger partial charge in [-0.3, -0.25) is 4.79 Å². The van der Waals surface area contributed by atoms with Crippen LogP contribution in [0.5, 0.6) is 0 Å². The van der Waals surface area contributed by atoms with Crippen molar-refractivity contribution < 1.29 is 9.90 Å². The third-order valence-electron chi connectivity index (χ3n) is 2.67. The molecule has 4 nitrogen and oxygen atoms in total. The van der Waals surface area contributed by atoms with Crippen molar-refractivity contribution in [2.24, 2.45) is 0 Å². The number of rotatable bonds is 4. The molecule has 4 heteroatoms. The number of carbonyl (C=O) groups is 1. The van der Waals surface area contributed by atoms with Crippen molar-refractivity contribution in [3.63, 3.8) is 0 Å². The maximum atomic E-state index is 10.6. The minimum Gasteiger partial charge on any atom is -0.481 e. The van der Waals surface area contributed by atoms with Crippen LogP contribution in [0.3, 0.4) is 0 Å². The Morgan fingerprint density at radius 2 is 2.29 bits per heavy atom. The lowest BCUT2D eigenvalue weighted by molar-refractivity contribution is -0.136. The summed E-state index contributed by atoms with van der Waals surface area (Å²) >= 11 is 0. The molecule has 0 atom stereocenters. The first-order valence-corrected chi connectivity index (χ1v) is 5.41. The molecule has 0 aliphatic heterocycles. The Hall–Kier alpha value is -2.10. The highest BCUT2D eigenvalue weighted by molar-refractivity contribution is 5.70. The molecule has 0 spiro atoms. The third kappa shape index (κ3) is 2.93. The molecule has 1 aromatic carbocycles. The Bertz CT molecular complexity index is 518. The van der Waals surface area contributed by atoms with E-state index in [1.165, 1.54) is 5.56 Å². The molecule has 0 unspecified atom stereocenters. The topological polar surface area (TPSA) is 55.1 Å². The summed E-state index contributed by atoms with van der Waals surface area (Å²) in [5.41, 5.74) is 3.12. The Labute approximate surface area is 99.5 Å². The first kappa shape index (κ1) is 11.4. The number of aliphatic carboxylic acids is 1. The van der Waals surface area contributed by atoms with Crippen LogP contribution >= 0.6 is 0 Å². The lowest BCUT2D eigenvalue weighted by atomic mass is 10.0. The second-order valence-electron chi connectivity index (χ2n) is 4.07. The van der Waals surface area contributed by atoms with E-state index in [4.69, 9.17) is 5.11 Å². The molecule has 17 heavy (non-hydrogen) atoms. The molecule has 2 rings (SSSR count). The zero-order valence-corrected chi connectivity index (χ0v) is 9.63. The Morgan fingerprint density at radius 3 is 2.88 bits per heavy atom. The van der Waals surface area contributed by atoms with E-state index in [-0.39, 0.29) is 6.42 Å². The number of aromatic nitrogens is 2. The van der Waals surface area contributed by atoms with Gasteiger partial charge in [-0.25, -0.2) is 4.98 Å². The fourth-order valence-electron chi connectivity index (χ4n) is 1.80. The van der Waals surface area contributed by atoms with E-state index < -0.39 is 5.97 Å². The van der Waals surface area contributed by atoms with Crippen molar-refractivity contribution >= 4 is 5.97 Å². The van der Waals surface area contributed by atoms with Crippen LogP contribution in [-0.2, 0) is 17.8 Å². The molecule has 0 saturated heterocycles. The number of hydrogen-bond donors (Lipinski definition) is 1. The van der Waals surface area contributed by atoms with Crippen LogP contribution in [0.15, 0.2) is 36.9 Å². The maximum absolute atomic E-state index is 10.6. The number of imidazole rings is 1. The van der Waals surface area contributed by atoms with Gasteiger partial charge in [0, 0.05) is 18.9 Å². The summed E-state index contributed by atoms with van der Waals surface area (Å²) in [6.07, 6.45) is 5.50. The predicted molar refractivity (Wildman–Crippen MR) is 63.8 cm³/mol. The van der Waals surface area contributed by atoms with Gasteiger partial charge >= 0.3 is 5.97 Å². The van der Waals surface area contributed by atoms with E-state index in [1.807, 2.05) is 35.9 Å². The highest BCUT2D eigenvalue weighted by atomic mass is 16.4. The van der Waals surface area contributed by atoms with Crippen molar-refractivity contribution in [3.05, 3.63) is 53.6 Å². The highest BCUT2D eigenvalue weighted by Crippen LogP contribution is 2.13. The molecular formula is C13H14N2O2. The quantitative estimate of drug-likeness (QED) is 0.872. The summed E-state index contributed by atoms with van der Waals surface area (Å²) in [5.74, 6) is -0.799. The Balaban J connectivity index is 2.17.